The highest BCUT2D eigenvalue weighted by molar-refractivity contribution is 5.90. The van der Waals surface area contributed by atoms with E-state index in [0.717, 1.165) is 0 Å². The molecular weight excluding hydrogens is 310 g/mol. The zero-order valence-corrected chi connectivity index (χ0v) is 12.5. The first-order valence-corrected chi connectivity index (χ1v) is 6.87. The summed E-state index contributed by atoms with van der Waals surface area (Å²) in [7, 11) is 0. The average Bonchev–Trinajstić information content (AvgIpc) is 2.59. The van der Waals surface area contributed by atoms with E-state index in [4.69, 9.17) is 10.5 Å². The van der Waals surface area contributed by atoms with Gasteiger partial charge in [0.2, 0.25) is 0 Å². The number of non-ortho nitro benzene ring substituents is 1. The van der Waals surface area contributed by atoms with Crippen molar-refractivity contribution in [3.8, 4) is 11.8 Å². The van der Waals surface area contributed by atoms with Crippen LogP contribution in [-0.4, -0.2) is 17.4 Å². The number of nitro benzene ring substituents is 1. The Morgan fingerprint density at radius 2 is 2.00 bits per heavy atom. The predicted molar refractivity (Wildman–Crippen MR) is 87.7 cm³/mol. The standard InChI is InChI=1S/C17H13N3O4/c18-10-14(13-2-1-3-15(9-13)20(22)23)8-12-4-6-16(7-5-12)24-11-17(19)21/h1-9H,11H2,(H2,19,21). The van der Waals surface area contributed by atoms with Crippen LogP contribution < -0.4 is 10.5 Å². The fourth-order valence-electron chi connectivity index (χ4n) is 1.95. The second kappa shape index (κ2) is 7.56. The molecule has 0 aliphatic carbocycles. The van der Waals surface area contributed by atoms with Gasteiger partial charge in [-0.25, -0.2) is 0 Å². The molecule has 0 saturated carbocycles. The first-order chi connectivity index (χ1) is 11.5. The molecule has 0 bridgehead atoms. The third kappa shape index (κ3) is 4.42. The van der Waals surface area contributed by atoms with Crippen LogP contribution >= 0.6 is 0 Å². The molecule has 2 aromatic rings. The zero-order chi connectivity index (χ0) is 17.5. The predicted octanol–water partition coefficient (Wildman–Crippen LogP) is 2.52. The van der Waals surface area contributed by atoms with E-state index in [2.05, 4.69) is 0 Å². The van der Waals surface area contributed by atoms with Crippen molar-refractivity contribution in [3.63, 3.8) is 0 Å². The molecule has 2 N–H and O–H groups in total. The van der Waals surface area contributed by atoms with Crippen LogP contribution in [0.4, 0.5) is 5.69 Å². The van der Waals surface area contributed by atoms with Gasteiger partial charge in [0.15, 0.2) is 6.61 Å². The average molecular weight is 323 g/mol. The van der Waals surface area contributed by atoms with E-state index in [1.165, 1.54) is 18.2 Å². The molecule has 1 amide bonds. The molecule has 7 heteroatoms. The van der Waals surface area contributed by atoms with Gasteiger partial charge in [0, 0.05) is 12.1 Å². The molecule has 0 aromatic heterocycles. The number of hydrogen-bond acceptors (Lipinski definition) is 5. The van der Waals surface area contributed by atoms with E-state index < -0.39 is 10.8 Å². The molecule has 24 heavy (non-hydrogen) atoms. The molecule has 0 unspecified atom stereocenters. The molecule has 0 spiro atoms. The molecule has 0 fully saturated rings. The number of primary amides is 1. The number of nitro groups is 1. The van der Waals surface area contributed by atoms with Crippen molar-refractivity contribution in [1.82, 2.24) is 0 Å². The van der Waals surface area contributed by atoms with Gasteiger partial charge in [-0.05, 0) is 29.3 Å². The second-order valence-electron chi connectivity index (χ2n) is 4.80. The van der Waals surface area contributed by atoms with Crippen molar-refractivity contribution >= 4 is 23.2 Å². The van der Waals surface area contributed by atoms with Gasteiger partial charge in [-0.1, -0.05) is 24.3 Å². The fraction of sp³-hybridized carbons (Fsp3) is 0.0588. The van der Waals surface area contributed by atoms with Gasteiger partial charge in [0.25, 0.3) is 11.6 Å². The maximum absolute atomic E-state index is 10.8. The van der Waals surface area contributed by atoms with Crippen LogP contribution in [0.5, 0.6) is 5.75 Å². The Balaban J connectivity index is 2.24. The minimum absolute atomic E-state index is 0.0798. The number of carbonyl (C=O) groups excluding carboxylic acids is 1. The highest BCUT2D eigenvalue weighted by Gasteiger charge is 2.09. The normalized spacial score (nSPS) is 10.7. The van der Waals surface area contributed by atoms with Crippen LogP contribution in [0.3, 0.4) is 0 Å². The lowest BCUT2D eigenvalue weighted by Gasteiger charge is -2.04. The Morgan fingerprint density at radius 3 is 2.58 bits per heavy atom. The van der Waals surface area contributed by atoms with Crippen molar-refractivity contribution in [2.75, 3.05) is 6.61 Å². The number of nitrogens with two attached hydrogens (primary N) is 1. The first kappa shape index (κ1) is 16.7. The summed E-state index contributed by atoms with van der Waals surface area (Å²) in [4.78, 5) is 21.0. The minimum atomic E-state index is -0.573. The molecule has 120 valence electrons. The lowest BCUT2D eigenvalue weighted by atomic mass is 10.0. The van der Waals surface area contributed by atoms with E-state index in [9.17, 15) is 20.2 Å². The number of benzene rings is 2. The highest BCUT2D eigenvalue weighted by atomic mass is 16.6. The number of carbonyl (C=O) groups is 1. The Bertz CT molecular complexity index is 836. The molecule has 2 rings (SSSR count). The van der Waals surface area contributed by atoms with Gasteiger partial charge in [-0.2, -0.15) is 5.26 Å². The van der Waals surface area contributed by atoms with Gasteiger partial charge in [0.1, 0.15) is 5.75 Å². The second-order valence-corrected chi connectivity index (χ2v) is 4.80. The van der Waals surface area contributed by atoms with Crippen LogP contribution in [0, 0.1) is 21.4 Å². The summed E-state index contributed by atoms with van der Waals surface area (Å²) in [5, 5.41) is 20.1. The summed E-state index contributed by atoms with van der Waals surface area (Å²) in [5.41, 5.74) is 6.38. The maximum Gasteiger partial charge on any atom is 0.270 e. The monoisotopic (exact) mass is 323 g/mol. The van der Waals surface area contributed by atoms with Crippen molar-refractivity contribution in [2.24, 2.45) is 5.73 Å². The molecular formula is C17H13N3O4. The number of ether oxygens (including phenoxy) is 1. The van der Waals surface area contributed by atoms with Gasteiger partial charge in [-0.3, -0.25) is 14.9 Å². The van der Waals surface area contributed by atoms with Crippen LogP contribution in [0.15, 0.2) is 48.5 Å². The third-order valence-electron chi connectivity index (χ3n) is 3.06. The number of rotatable bonds is 6. The highest BCUT2D eigenvalue weighted by Crippen LogP contribution is 2.23. The summed E-state index contributed by atoms with van der Waals surface area (Å²) < 4.78 is 5.15. The summed E-state index contributed by atoms with van der Waals surface area (Å²) in [5.74, 6) is -0.101. The molecule has 2 aromatic carbocycles. The van der Waals surface area contributed by atoms with Crippen molar-refractivity contribution in [1.29, 1.82) is 5.26 Å². The lowest BCUT2D eigenvalue weighted by Crippen LogP contribution is -2.19. The largest absolute Gasteiger partial charge is 0.484 e. The number of amides is 1. The topological polar surface area (TPSA) is 119 Å². The zero-order valence-electron chi connectivity index (χ0n) is 12.5. The molecule has 0 heterocycles. The third-order valence-corrected chi connectivity index (χ3v) is 3.06. The summed E-state index contributed by atoms with van der Waals surface area (Å²) in [6.07, 6.45) is 1.61. The molecule has 0 radical (unpaired) electrons. The number of allylic oxidation sites excluding steroid dienone is 1. The van der Waals surface area contributed by atoms with Gasteiger partial charge in [-0.15, -0.1) is 0 Å². The van der Waals surface area contributed by atoms with Crippen LogP contribution in [0.1, 0.15) is 11.1 Å². The molecule has 7 nitrogen and oxygen atoms in total. The van der Waals surface area contributed by atoms with E-state index in [1.54, 1.807) is 36.4 Å². The molecule has 0 aliphatic heterocycles. The summed E-state index contributed by atoms with van der Waals surface area (Å²) in [6, 6.07) is 14.6. The Morgan fingerprint density at radius 1 is 1.29 bits per heavy atom. The molecule has 0 aliphatic rings. The lowest BCUT2D eigenvalue weighted by molar-refractivity contribution is -0.384. The fourth-order valence-corrected chi connectivity index (χ4v) is 1.95. The van der Waals surface area contributed by atoms with E-state index in [-0.39, 0.29) is 12.3 Å². The van der Waals surface area contributed by atoms with E-state index in [0.29, 0.717) is 22.4 Å². The summed E-state index contributed by atoms with van der Waals surface area (Å²) in [6.45, 7) is -0.216. The SMILES string of the molecule is N#CC(=Cc1ccc(OCC(N)=O)cc1)c1cccc([N+](=O)[O-])c1. The minimum Gasteiger partial charge on any atom is -0.484 e. The van der Waals surface area contributed by atoms with E-state index >= 15 is 0 Å². The number of nitrogens with zero attached hydrogens (tertiary/aromatic N) is 2. The Hall–Kier alpha value is -3.66. The van der Waals surface area contributed by atoms with Crippen LogP contribution in [0.2, 0.25) is 0 Å². The van der Waals surface area contributed by atoms with Crippen molar-refractivity contribution < 1.29 is 14.5 Å². The van der Waals surface area contributed by atoms with Crippen LogP contribution in [0.25, 0.3) is 11.6 Å². The Labute approximate surface area is 137 Å². The first-order valence-electron chi connectivity index (χ1n) is 6.87. The number of hydrogen-bond donors (Lipinski definition) is 1. The van der Waals surface area contributed by atoms with Gasteiger partial charge < -0.3 is 10.5 Å². The summed E-state index contributed by atoms with van der Waals surface area (Å²) >= 11 is 0. The van der Waals surface area contributed by atoms with Gasteiger partial charge in [0.05, 0.1) is 16.6 Å². The molecule has 0 atom stereocenters. The van der Waals surface area contributed by atoms with Gasteiger partial charge >= 0.3 is 0 Å². The van der Waals surface area contributed by atoms with Crippen LogP contribution in [-0.2, 0) is 4.79 Å². The molecule has 0 saturated heterocycles. The van der Waals surface area contributed by atoms with Crippen molar-refractivity contribution in [2.45, 2.75) is 0 Å². The van der Waals surface area contributed by atoms with E-state index in [1.807, 2.05) is 6.07 Å². The number of nitriles is 1. The Kier molecular flexibility index (Phi) is 5.26. The maximum atomic E-state index is 10.8. The van der Waals surface area contributed by atoms with Crippen molar-refractivity contribution in [3.05, 3.63) is 69.8 Å². The smallest absolute Gasteiger partial charge is 0.270 e. The quantitative estimate of drug-likeness (QED) is 0.379.